The number of rotatable bonds is 3. The average molecular weight is 365 g/mol. The molecule has 4 atom stereocenters. The summed E-state index contributed by atoms with van der Waals surface area (Å²) in [5.74, 6) is 0. The van der Waals surface area contributed by atoms with Gasteiger partial charge in [0, 0.05) is 0 Å². The van der Waals surface area contributed by atoms with Crippen LogP contribution in [0, 0.1) is 0 Å². The Kier molecular flexibility index (Phi) is 3.69. The fraction of sp³-hybridized carbons (Fsp3) is 0.923. The van der Waals surface area contributed by atoms with E-state index >= 15 is 0 Å². The Hall–Kier alpha value is 0.800. The summed E-state index contributed by atoms with van der Waals surface area (Å²) in [5, 5.41) is 1.02. The third-order valence-corrected chi connectivity index (χ3v) is 8.80. The summed E-state index contributed by atoms with van der Waals surface area (Å²) in [6, 6.07) is 0.902. The van der Waals surface area contributed by atoms with Crippen molar-refractivity contribution in [2.75, 3.05) is 5.52 Å². The van der Waals surface area contributed by atoms with Crippen LogP contribution in [0.2, 0.25) is 0 Å². The predicted octanol–water partition coefficient (Wildman–Crippen LogP) is 3.33. The van der Waals surface area contributed by atoms with E-state index in [9.17, 15) is 4.04 Å². The molecule has 0 spiro atoms. The van der Waals surface area contributed by atoms with Crippen LogP contribution in [-0.2, 0) is 8.78 Å². The predicted molar refractivity (Wildman–Crippen MR) is 84.2 cm³/mol. The fourth-order valence-electron chi connectivity index (χ4n) is 4.17. The van der Waals surface area contributed by atoms with E-state index in [1.807, 2.05) is 11.8 Å². The molecule has 3 aliphatic heterocycles. The Bertz CT molecular complexity index is 514. The molecule has 4 unspecified atom stereocenters. The number of fused-ring (bicyclic) bond motifs is 1. The third kappa shape index (κ3) is 1.98. The zero-order valence-electron chi connectivity index (χ0n) is 10.8. The van der Waals surface area contributed by atoms with Crippen LogP contribution in [0.3, 0.4) is 0 Å². The van der Waals surface area contributed by atoms with E-state index in [1.54, 1.807) is 0 Å². The molecule has 4 rings (SSSR count). The number of alkyl halides is 1. The molecule has 3 nitrogen and oxygen atoms in total. The summed E-state index contributed by atoms with van der Waals surface area (Å²) < 4.78 is 21.1. The molecule has 2 bridgehead atoms. The van der Waals surface area contributed by atoms with Gasteiger partial charge < -0.3 is 0 Å². The van der Waals surface area contributed by atoms with Crippen molar-refractivity contribution in [3.63, 3.8) is 0 Å². The Morgan fingerprint density at radius 2 is 2.16 bits per heavy atom. The van der Waals surface area contributed by atoms with E-state index in [0.717, 1.165) is 6.42 Å². The minimum atomic E-state index is -0.842. The number of ether oxygens (including phenoxy) is 1. The molecule has 1 saturated carbocycles. The van der Waals surface area contributed by atoms with Crippen molar-refractivity contribution in [3.8, 4) is 0 Å². The van der Waals surface area contributed by atoms with Gasteiger partial charge in [-0.25, -0.2) is 0 Å². The fourth-order valence-corrected chi connectivity index (χ4v) is 8.69. The first-order valence-corrected chi connectivity index (χ1v) is 10.4. The monoisotopic (exact) mass is 364 g/mol. The molecular formula is C13H19BrNO2S2+. The molecule has 3 heterocycles. The van der Waals surface area contributed by atoms with Gasteiger partial charge in [-0.15, -0.1) is 0 Å². The maximum atomic E-state index is 12.8. The number of nitrogens with zero attached hydrogens (tertiary/aromatic N) is 1. The molecule has 19 heavy (non-hydrogen) atoms. The van der Waals surface area contributed by atoms with Crippen molar-refractivity contribution in [3.05, 3.63) is 0 Å². The van der Waals surface area contributed by atoms with Gasteiger partial charge in [0.2, 0.25) is 0 Å². The Labute approximate surface area is 128 Å². The van der Waals surface area contributed by atoms with E-state index in [2.05, 4.69) is 20.2 Å². The number of hydrogen-bond acceptors (Lipinski definition) is 3. The van der Waals surface area contributed by atoms with E-state index in [4.69, 9.17) is 4.74 Å². The minimum absolute atomic E-state index is 0.270. The van der Waals surface area contributed by atoms with Gasteiger partial charge in [-0.1, -0.05) is 0 Å². The van der Waals surface area contributed by atoms with E-state index in [-0.39, 0.29) is 6.10 Å². The van der Waals surface area contributed by atoms with Crippen molar-refractivity contribution in [2.45, 2.75) is 67.2 Å². The maximum absolute atomic E-state index is 12.8. The second-order valence-electron chi connectivity index (χ2n) is 5.90. The second kappa shape index (κ2) is 5.21. The van der Waals surface area contributed by atoms with Crippen LogP contribution in [0.15, 0.2) is 0 Å². The SMILES string of the molecule is [O+]#S1=C2CC3SC2C(C3OCBr)N1C1CCCCC1. The first-order valence-electron chi connectivity index (χ1n) is 7.20. The van der Waals surface area contributed by atoms with E-state index < -0.39 is 10.4 Å². The van der Waals surface area contributed by atoms with Gasteiger partial charge in [-0.2, -0.15) is 0 Å². The number of halogens is 1. The van der Waals surface area contributed by atoms with E-state index in [1.165, 1.54) is 37.0 Å². The Morgan fingerprint density at radius 3 is 2.89 bits per heavy atom. The quantitative estimate of drug-likeness (QED) is 0.437. The van der Waals surface area contributed by atoms with Gasteiger partial charge in [0.25, 0.3) is 0 Å². The van der Waals surface area contributed by atoms with Gasteiger partial charge in [0.15, 0.2) is 0 Å². The van der Waals surface area contributed by atoms with Gasteiger partial charge in [-0.05, 0) is 0 Å². The average Bonchev–Trinajstić information content (AvgIpc) is 3.04. The first-order chi connectivity index (χ1) is 9.31. The molecule has 0 amide bonds. The second-order valence-corrected chi connectivity index (χ2v) is 9.19. The van der Waals surface area contributed by atoms with Crippen LogP contribution in [0.5, 0.6) is 0 Å². The summed E-state index contributed by atoms with van der Waals surface area (Å²) in [4.78, 5) is 1.31. The summed E-state index contributed by atoms with van der Waals surface area (Å²) in [6.45, 7) is 0. The Morgan fingerprint density at radius 1 is 1.37 bits per heavy atom. The molecule has 3 fully saturated rings. The van der Waals surface area contributed by atoms with Crippen LogP contribution < -0.4 is 0 Å². The van der Waals surface area contributed by atoms with E-state index in [0.29, 0.717) is 28.1 Å². The summed E-state index contributed by atoms with van der Waals surface area (Å²) in [6.07, 6.45) is 7.67. The zero-order valence-corrected chi connectivity index (χ0v) is 14.0. The normalized spacial score (nSPS) is 42.5. The molecule has 6 heteroatoms. The third-order valence-electron chi connectivity index (χ3n) is 4.95. The number of hydrogen-bond donors (Lipinski definition) is 0. The van der Waals surface area contributed by atoms with Gasteiger partial charge in [0.1, 0.15) is 0 Å². The first kappa shape index (κ1) is 13.5. The van der Waals surface area contributed by atoms with Crippen molar-refractivity contribution in [1.82, 2.24) is 4.31 Å². The molecule has 2 saturated heterocycles. The summed E-state index contributed by atoms with van der Waals surface area (Å²) in [5.41, 5.74) is 0.596. The summed E-state index contributed by atoms with van der Waals surface area (Å²) in [7, 11) is -0.842. The van der Waals surface area contributed by atoms with Crippen molar-refractivity contribution in [1.29, 1.82) is 0 Å². The summed E-state index contributed by atoms with van der Waals surface area (Å²) >= 11 is 5.41. The standard InChI is InChI=1S/C13H19BrNO2S2/c14-7-17-12-9-6-10-13(18-9)11(12)15(19(10)16)8-4-2-1-3-5-8/h8-9,11-13H,1-7H2/q+1. The molecule has 0 aromatic carbocycles. The molecule has 106 valence electrons. The molecule has 0 N–H and O–H groups in total. The van der Waals surface area contributed by atoms with Crippen LogP contribution in [0.25, 0.3) is 0 Å². The van der Waals surface area contributed by atoms with Crippen LogP contribution in [0.1, 0.15) is 38.5 Å². The zero-order chi connectivity index (χ0) is 13.0. The molecular weight excluding hydrogens is 346 g/mol. The van der Waals surface area contributed by atoms with Crippen LogP contribution in [0.4, 0.5) is 0 Å². The topological polar surface area (TPSA) is 32.4 Å². The molecule has 4 aliphatic rings. The van der Waals surface area contributed by atoms with Crippen LogP contribution >= 0.6 is 38.1 Å². The van der Waals surface area contributed by atoms with Gasteiger partial charge >= 0.3 is 129 Å². The van der Waals surface area contributed by atoms with Gasteiger partial charge in [-0.3, -0.25) is 0 Å². The van der Waals surface area contributed by atoms with Crippen molar-refractivity contribution >= 4 is 43.0 Å². The molecule has 0 aromatic rings. The van der Waals surface area contributed by atoms with Crippen LogP contribution in [-0.4, -0.2) is 43.4 Å². The Balaban J connectivity index is 1.66. The number of thioether (sulfide) groups is 1. The van der Waals surface area contributed by atoms with Gasteiger partial charge in [0.05, 0.1) is 0 Å². The molecule has 0 aromatic heterocycles. The molecule has 0 radical (unpaired) electrons. The van der Waals surface area contributed by atoms with Crippen molar-refractivity contribution < 1.29 is 8.78 Å². The molecule has 1 aliphatic carbocycles. The van der Waals surface area contributed by atoms with Crippen molar-refractivity contribution in [2.24, 2.45) is 0 Å².